The molecule has 0 heterocycles. The Morgan fingerprint density at radius 1 is 1.07 bits per heavy atom. The van der Waals surface area contributed by atoms with E-state index in [2.05, 4.69) is 4.74 Å². The molecule has 5 heteroatoms. The summed E-state index contributed by atoms with van der Waals surface area (Å²) in [4.78, 5) is 33.1. The van der Waals surface area contributed by atoms with Crippen LogP contribution in [0.4, 0.5) is 0 Å². The summed E-state index contributed by atoms with van der Waals surface area (Å²) in [6.45, 7) is 1.83. The molecule has 0 spiro atoms. The SMILES string of the molecule is CCC(=O)OC(=O)CC(=O)C[N+](C)(C)C. The van der Waals surface area contributed by atoms with Crippen LogP contribution in [0.5, 0.6) is 0 Å². The Balaban J connectivity index is 3.98. The van der Waals surface area contributed by atoms with Crippen LogP contribution >= 0.6 is 0 Å². The summed E-state index contributed by atoms with van der Waals surface area (Å²) in [6.07, 6.45) is -0.198. The molecule has 0 fully saturated rings. The number of rotatable bonds is 5. The van der Waals surface area contributed by atoms with E-state index in [-0.39, 0.29) is 25.2 Å². The van der Waals surface area contributed by atoms with Crippen LogP contribution in [0.2, 0.25) is 0 Å². The van der Waals surface area contributed by atoms with Crippen LogP contribution < -0.4 is 0 Å². The molecule has 0 aliphatic heterocycles. The maximum absolute atomic E-state index is 11.3. The van der Waals surface area contributed by atoms with Crippen molar-refractivity contribution in [3.05, 3.63) is 0 Å². The molecule has 5 nitrogen and oxygen atoms in total. The lowest BCUT2D eigenvalue weighted by Gasteiger charge is -2.22. The van der Waals surface area contributed by atoms with E-state index in [0.29, 0.717) is 4.48 Å². The quantitative estimate of drug-likeness (QED) is 0.372. The summed E-state index contributed by atoms with van der Waals surface area (Å²) in [5, 5.41) is 0. The normalized spacial score (nSPS) is 10.9. The number of hydrogen-bond donors (Lipinski definition) is 0. The molecule has 0 aromatic heterocycles. The molecule has 0 amide bonds. The van der Waals surface area contributed by atoms with Gasteiger partial charge in [-0.2, -0.15) is 0 Å². The molecule has 0 saturated heterocycles. The van der Waals surface area contributed by atoms with Gasteiger partial charge in [0.25, 0.3) is 0 Å². The van der Waals surface area contributed by atoms with Crippen molar-refractivity contribution in [2.75, 3.05) is 27.7 Å². The van der Waals surface area contributed by atoms with Crippen LogP contribution in [0.1, 0.15) is 19.8 Å². The lowest BCUT2D eigenvalue weighted by molar-refractivity contribution is -0.862. The minimum atomic E-state index is -0.764. The van der Waals surface area contributed by atoms with E-state index in [4.69, 9.17) is 0 Å². The highest BCUT2D eigenvalue weighted by Gasteiger charge is 2.19. The zero-order valence-corrected chi connectivity index (χ0v) is 9.70. The Labute approximate surface area is 89.6 Å². The Hall–Kier alpha value is -1.23. The monoisotopic (exact) mass is 216 g/mol. The Morgan fingerprint density at radius 2 is 1.60 bits per heavy atom. The fourth-order valence-electron chi connectivity index (χ4n) is 0.981. The van der Waals surface area contributed by atoms with Gasteiger partial charge in [0.2, 0.25) is 0 Å². The number of ketones is 1. The van der Waals surface area contributed by atoms with Gasteiger partial charge in [-0.1, -0.05) is 6.92 Å². The third-order valence-corrected chi connectivity index (χ3v) is 1.51. The molecule has 86 valence electrons. The molecule has 0 unspecified atom stereocenters. The summed E-state index contributed by atoms with van der Waals surface area (Å²) in [7, 11) is 5.54. The summed E-state index contributed by atoms with van der Waals surface area (Å²) < 4.78 is 4.83. The van der Waals surface area contributed by atoms with Crippen LogP contribution in [-0.4, -0.2) is 49.9 Å². The number of esters is 2. The first-order valence-corrected chi connectivity index (χ1v) is 4.80. The number of carbonyl (C=O) groups excluding carboxylic acids is 3. The average Bonchev–Trinajstić information content (AvgIpc) is 1.99. The number of nitrogens with zero attached hydrogens (tertiary/aromatic N) is 1. The molecule has 0 atom stereocenters. The van der Waals surface area contributed by atoms with Gasteiger partial charge < -0.3 is 9.22 Å². The van der Waals surface area contributed by atoms with Crippen LogP contribution in [-0.2, 0) is 19.1 Å². The maximum atomic E-state index is 11.3. The highest BCUT2D eigenvalue weighted by atomic mass is 16.6. The highest BCUT2D eigenvalue weighted by molar-refractivity contribution is 5.99. The molecule has 15 heavy (non-hydrogen) atoms. The Kier molecular flexibility index (Phi) is 5.14. The smallest absolute Gasteiger partial charge is 0.321 e. The fourth-order valence-corrected chi connectivity index (χ4v) is 0.981. The van der Waals surface area contributed by atoms with Crippen molar-refractivity contribution < 1.29 is 23.6 Å². The van der Waals surface area contributed by atoms with E-state index < -0.39 is 11.9 Å². The Morgan fingerprint density at radius 3 is 2.00 bits per heavy atom. The minimum absolute atomic E-state index is 0.134. The second-order valence-corrected chi connectivity index (χ2v) is 4.36. The molecule has 0 saturated carbocycles. The largest absolute Gasteiger partial charge is 0.393 e. The summed E-state index contributed by atoms with van der Waals surface area (Å²) in [5.41, 5.74) is 0. The van der Waals surface area contributed by atoms with Crippen LogP contribution in [0, 0.1) is 0 Å². The number of hydrogen-bond acceptors (Lipinski definition) is 4. The van der Waals surface area contributed by atoms with E-state index >= 15 is 0 Å². The van der Waals surface area contributed by atoms with Gasteiger partial charge in [0.05, 0.1) is 21.1 Å². The van der Waals surface area contributed by atoms with Gasteiger partial charge >= 0.3 is 11.9 Å². The van der Waals surface area contributed by atoms with E-state index in [9.17, 15) is 14.4 Å². The van der Waals surface area contributed by atoms with E-state index in [0.717, 1.165) is 0 Å². The predicted octanol–water partition coefficient (Wildman–Crippen LogP) is 0.132. The first-order chi connectivity index (χ1) is 6.74. The molecule has 0 N–H and O–H groups in total. The minimum Gasteiger partial charge on any atom is -0.393 e. The van der Waals surface area contributed by atoms with Crippen molar-refractivity contribution in [2.45, 2.75) is 19.8 Å². The average molecular weight is 216 g/mol. The second-order valence-electron chi connectivity index (χ2n) is 4.36. The molecule has 0 aliphatic carbocycles. The van der Waals surface area contributed by atoms with Crippen molar-refractivity contribution in [1.82, 2.24) is 0 Å². The molecule has 0 aromatic rings. The third-order valence-electron chi connectivity index (χ3n) is 1.51. The third kappa shape index (κ3) is 7.81. The fraction of sp³-hybridized carbons (Fsp3) is 0.700. The molecular weight excluding hydrogens is 198 g/mol. The molecule has 0 aromatic carbocycles. The predicted molar refractivity (Wildman–Crippen MR) is 53.9 cm³/mol. The molecule has 0 aliphatic rings. The zero-order valence-electron chi connectivity index (χ0n) is 9.70. The van der Waals surface area contributed by atoms with Crippen molar-refractivity contribution >= 4 is 17.7 Å². The van der Waals surface area contributed by atoms with E-state index in [1.807, 2.05) is 21.1 Å². The number of ether oxygens (including phenoxy) is 1. The van der Waals surface area contributed by atoms with Gasteiger partial charge in [-0.25, -0.2) is 0 Å². The van der Waals surface area contributed by atoms with Crippen LogP contribution in [0.15, 0.2) is 0 Å². The van der Waals surface area contributed by atoms with E-state index in [1.54, 1.807) is 6.92 Å². The van der Waals surface area contributed by atoms with Crippen molar-refractivity contribution in [3.63, 3.8) is 0 Å². The van der Waals surface area contributed by atoms with Crippen LogP contribution in [0.25, 0.3) is 0 Å². The molecule has 0 bridgehead atoms. The van der Waals surface area contributed by atoms with Crippen molar-refractivity contribution in [2.24, 2.45) is 0 Å². The standard InChI is InChI=1S/C10H18NO4/c1-5-9(13)15-10(14)6-8(12)7-11(2,3)4/h5-7H2,1-4H3/q+1. The number of likely N-dealkylation sites (N-methyl/N-ethyl adjacent to an activating group) is 1. The number of carbonyl (C=O) groups is 3. The number of Topliss-reactive ketones (excluding diaryl/α,β-unsaturated/α-hetero) is 1. The van der Waals surface area contributed by atoms with Gasteiger partial charge in [0.15, 0.2) is 5.78 Å². The van der Waals surface area contributed by atoms with Gasteiger partial charge in [-0.15, -0.1) is 0 Å². The number of quaternary nitrogens is 1. The van der Waals surface area contributed by atoms with Gasteiger partial charge in [-0.3, -0.25) is 14.4 Å². The van der Waals surface area contributed by atoms with Crippen molar-refractivity contribution in [3.8, 4) is 0 Å². The lowest BCUT2D eigenvalue weighted by atomic mass is 10.2. The Bertz CT molecular complexity index is 265. The van der Waals surface area contributed by atoms with Gasteiger partial charge in [0, 0.05) is 6.42 Å². The van der Waals surface area contributed by atoms with E-state index in [1.165, 1.54) is 0 Å². The molecule has 0 rings (SSSR count). The topological polar surface area (TPSA) is 60.4 Å². The lowest BCUT2D eigenvalue weighted by Crippen LogP contribution is -2.40. The highest BCUT2D eigenvalue weighted by Crippen LogP contribution is 1.97. The van der Waals surface area contributed by atoms with Gasteiger partial charge in [0.1, 0.15) is 13.0 Å². The molecular formula is C10H18NO4+. The maximum Gasteiger partial charge on any atom is 0.321 e. The van der Waals surface area contributed by atoms with Gasteiger partial charge in [-0.05, 0) is 0 Å². The molecule has 0 radical (unpaired) electrons. The van der Waals surface area contributed by atoms with Crippen LogP contribution in [0.3, 0.4) is 0 Å². The zero-order chi connectivity index (χ0) is 12.1. The second kappa shape index (κ2) is 5.60. The first-order valence-electron chi connectivity index (χ1n) is 4.80. The first kappa shape index (κ1) is 13.8. The summed E-state index contributed by atoms with van der Waals surface area (Å²) >= 11 is 0. The summed E-state index contributed by atoms with van der Waals surface area (Å²) in [6, 6.07) is 0. The summed E-state index contributed by atoms with van der Waals surface area (Å²) in [5.74, 6) is -1.59. The van der Waals surface area contributed by atoms with Crippen molar-refractivity contribution in [1.29, 1.82) is 0 Å².